The maximum absolute atomic E-state index is 5.76. The van der Waals surface area contributed by atoms with Crippen molar-refractivity contribution >= 4 is 17.5 Å². The Labute approximate surface area is 109 Å². The number of anilines is 1. The summed E-state index contributed by atoms with van der Waals surface area (Å²) in [5.41, 5.74) is 0. The summed E-state index contributed by atoms with van der Waals surface area (Å²) in [6.07, 6.45) is 0. The summed E-state index contributed by atoms with van der Waals surface area (Å²) in [5, 5.41) is 2.82. The Bertz CT molecular complexity index is 550. The van der Waals surface area contributed by atoms with E-state index in [-0.39, 0.29) is 11.3 Å². The number of ether oxygens (including phenoxy) is 2. The van der Waals surface area contributed by atoms with E-state index in [1.807, 2.05) is 12.1 Å². The smallest absolute Gasteiger partial charge is 0.328 e. The van der Waals surface area contributed by atoms with Gasteiger partial charge < -0.3 is 14.8 Å². The van der Waals surface area contributed by atoms with Crippen molar-refractivity contribution in [1.29, 1.82) is 0 Å². The van der Waals surface area contributed by atoms with Crippen LogP contribution in [0.5, 0.6) is 17.5 Å². The summed E-state index contributed by atoms with van der Waals surface area (Å²) >= 11 is 5.76. The molecule has 0 spiro atoms. The Morgan fingerprint density at radius 2 is 1.83 bits per heavy atom. The maximum Gasteiger partial charge on any atom is 0.328 e. The van der Waals surface area contributed by atoms with Crippen LogP contribution in [0.3, 0.4) is 0 Å². The van der Waals surface area contributed by atoms with E-state index in [9.17, 15) is 0 Å². The zero-order valence-electron chi connectivity index (χ0n) is 9.85. The zero-order valence-corrected chi connectivity index (χ0v) is 10.6. The lowest BCUT2D eigenvalue weighted by atomic mass is 10.3. The van der Waals surface area contributed by atoms with Crippen LogP contribution in [0, 0.1) is 0 Å². The molecule has 0 saturated carbocycles. The molecule has 0 atom stereocenters. The van der Waals surface area contributed by atoms with Crippen molar-refractivity contribution in [3.8, 4) is 17.5 Å². The third-order valence-electron chi connectivity index (χ3n) is 2.08. The minimum atomic E-state index is 0.0549. The van der Waals surface area contributed by atoms with Gasteiger partial charge in [0.2, 0.25) is 11.2 Å². The van der Waals surface area contributed by atoms with Gasteiger partial charge in [0.05, 0.1) is 7.11 Å². The van der Waals surface area contributed by atoms with Gasteiger partial charge in [0.25, 0.3) is 0 Å². The summed E-state index contributed by atoms with van der Waals surface area (Å²) in [4.78, 5) is 11.8. The molecule has 0 fully saturated rings. The van der Waals surface area contributed by atoms with Crippen LogP contribution in [0.1, 0.15) is 0 Å². The van der Waals surface area contributed by atoms with Crippen LogP contribution >= 0.6 is 11.6 Å². The van der Waals surface area contributed by atoms with Crippen LogP contribution < -0.4 is 14.8 Å². The van der Waals surface area contributed by atoms with Gasteiger partial charge in [-0.15, -0.1) is 0 Å². The van der Waals surface area contributed by atoms with Crippen molar-refractivity contribution in [1.82, 2.24) is 15.0 Å². The lowest BCUT2D eigenvalue weighted by Gasteiger charge is -2.08. The summed E-state index contributed by atoms with van der Waals surface area (Å²) < 4.78 is 10.7. The maximum atomic E-state index is 5.76. The molecule has 0 unspecified atom stereocenters. The van der Waals surface area contributed by atoms with Gasteiger partial charge in [0.15, 0.2) is 11.5 Å². The lowest BCUT2D eigenvalue weighted by molar-refractivity contribution is 0.367. The van der Waals surface area contributed by atoms with Gasteiger partial charge in [-0.3, -0.25) is 0 Å². The zero-order chi connectivity index (χ0) is 13.0. The average Bonchev–Trinajstić information content (AvgIpc) is 2.38. The summed E-state index contributed by atoms with van der Waals surface area (Å²) in [5.74, 6) is 1.42. The molecule has 2 aromatic rings. The van der Waals surface area contributed by atoms with Crippen molar-refractivity contribution in [2.24, 2.45) is 0 Å². The molecular formula is C11H11ClN4O2. The molecule has 0 aliphatic rings. The number of methoxy groups -OCH3 is 1. The molecule has 0 amide bonds. The largest absolute Gasteiger partial charge is 0.493 e. The summed E-state index contributed by atoms with van der Waals surface area (Å²) in [6, 6.07) is 7.28. The predicted octanol–water partition coefficient (Wildman–Crippen LogP) is 2.37. The second-order valence-electron chi connectivity index (χ2n) is 3.21. The molecule has 0 bridgehead atoms. The van der Waals surface area contributed by atoms with E-state index in [4.69, 9.17) is 21.1 Å². The minimum absolute atomic E-state index is 0.0549. The van der Waals surface area contributed by atoms with Crippen LogP contribution in [0.15, 0.2) is 24.3 Å². The normalized spacial score (nSPS) is 9.94. The first-order valence-corrected chi connectivity index (χ1v) is 5.51. The first-order valence-electron chi connectivity index (χ1n) is 5.13. The first-order chi connectivity index (χ1) is 8.72. The van der Waals surface area contributed by atoms with Gasteiger partial charge in [-0.25, -0.2) is 0 Å². The van der Waals surface area contributed by atoms with E-state index in [1.165, 1.54) is 0 Å². The van der Waals surface area contributed by atoms with Crippen molar-refractivity contribution in [2.45, 2.75) is 0 Å². The van der Waals surface area contributed by atoms with Gasteiger partial charge in [-0.05, 0) is 23.7 Å². The molecule has 0 radical (unpaired) electrons. The minimum Gasteiger partial charge on any atom is -0.493 e. The number of rotatable bonds is 4. The summed E-state index contributed by atoms with van der Waals surface area (Å²) in [6.45, 7) is 0. The highest BCUT2D eigenvalue weighted by Gasteiger charge is 2.09. The SMILES string of the molecule is CNc1nc(Cl)nc(Oc2ccccc2OC)n1. The molecule has 1 N–H and O–H groups in total. The fraction of sp³-hybridized carbons (Fsp3) is 0.182. The number of aromatic nitrogens is 3. The van der Waals surface area contributed by atoms with Gasteiger partial charge in [0.1, 0.15) is 0 Å². The highest BCUT2D eigenvalue weighted by Crippen LogP contribution is 2.29. The molecule has 18 heavy (non-hydrogen) atoms. The van der Waals surface area contributed by atoms with E-state index in [0.29, 0.717) is 17.4 Å². The molecule has 0 aliphatic heterocycles. The second-order valence-corrected chi connectivity index (χ2v) is 3.55. The predicted molar refractivity (Wildman–Crippen MR) is 67.5 cm³/mol. The molecule has 2 rings (SSSR count). The fourth-order valence-electron chi connectivity index (χ4n) is 1.29. The van der Waals surface area contributed by atoms with E-state index < -0.39 is 0 Å². The van der Waals surface area contributed by atoms with Gasteiger partial charge in [-0.1, -0.05) is 12.1 Å². The number of nitrogens with one attached hydrogen (secondary N) is 1. The molecular weight excluding hydrogens is 256 g/mol. The topological polar surface area (TPSA) is 69.2 Å². The van der Waals surface area contributed by atoms with Gasteiger partial charge in [-0.2, -0.15) is 15.0 Å². The number of halogens is 1. The van der Waals surface area contributed by atoms with Crippen molar-refractivity contribution in [3.63, 3.8) is 0 Å². The standard InChI is InChI=1S/C11H11ClN4O2/c1-13-10-14-9(12)15-11(16-10)18-8-6-4-3-5-7(8)17-2/h3-6H,1-2H3,(H,13,14,15,16). The highest BCUT2D eigenvalue weighted by atomic mass is 35.5. The third-order valence-corrected chi connectivity index (χ3v) is 2.25. The fourth-order valence-corrected chi connectivity index (χ4v) is 1.44. The van der Waals surface area contributed by atoms with Crippen LogP contribution in [0.25, 0.3) is 0 Å². The van der Waals surface area contributed by atoms with Crippen LogP contribution in [0.4, 0.5) is 5.95 Å². The number of para-hydroxylation sites is 2. The Hall–Kier alpha value is -2.08. The van der Waals surface area contributed by atoms with Gasteiger partial charge >= 0.3 is 6.01 Å². The average molecular weight is 267 g/mol. The summed E-state index contributed by atoms with van der Waals surface area (Å²) in [7, 11) is 3.24. The number of hydrogen-bond acceptors (Lipinski definition) is 6. The molecule has 7 heteroatoms. The van der Waals surface area contributed by atoms with Crippen LogP contribution in [0.2, 0.25) is 5.28 Å². The van der Waals surface area contributed by atoms with E-state index in [1.54, 1.807) is 26.3 Å². The van der Waals surface area contributed by atoms with Crippen molar-refractivity contribution in [3.05, 3.63) is 29.5 Å². The lowest BCUT2D eigenvalue weighted by Crippen LogP contribution is -2.01. The molecule has 1 heterocycles. The third kappa shape index (κ3) is 2.78. The Morgan fingerprint density at radius 3 is 2.50 bits per heavy atom. The van der Waals surface area contributed by atoms with Crippen LogP contribution in [-0.2, 0) is 0 Å². The second kappa shape index (κ2) is 5.50. The van der Waals surface area contributed by atoms with Crippen molar-refractivity contribution < 1.29 is 9.47 Å². The molecule has 1 aromatic carbocycles. The number of benzene rings is 1. The molecule has 6 nitrogen and oxygen atoms in total. The molecule has 0 aliphatic carbocycles. The molecule has 1 aromatic heterocycles. The molecule has 94 valence electrons. The first kappa shape index (κ1) is 12.4. The molecule has 0 saturated heterocycles. The van der Waals surface area contributed by atoms with Crippen LogP contribution in [-0.4, -0.2) is 29.1 Å². The Balaban J connectivity index is 2.30. The van der Waals surface area contributed by atoms with E-state index >= 15 is 0 Å². The Morgan fingerprint density at radius 1 is 1.11 bits per heavy atom. The van der Waals surface area contributed by atoms with Crippen molar-refractivity contribution in [2.75, 3.05) is 19.5 Å². The highest BCUT2D eigenvalue weighted by molar-refractivity contribution is 6.28. The number of nitrogens with zero attached hydrogens (tertiary/aromatic N) is 3. The van der Waals surface area contributed by atoms with Gasteiger partial charge in [0, 0.05) is 7.05 Å². The number of hydrogen-bond donors (Lipinski definition) is 1. The monoisotopic (exact) mass is 266 g/mol. The quantitative estimate of drug-likeness (QED) is 0.916. The van der Waals surface area contributed by atoms with E-state index in [2.05, 4.69) is 20.3 Å². The Kier molecular flexibility index (Phi) is 3.78. The van der Waals surface area contributed by atoms with E-state index in [0.717, 1.165) is 0 Å².